The molecule has 2 aromatic rings. The third-order valence-corrected chi connectivity index (χ3v) is 2.35. The smallest absolute Gasteiger partial charge is 0.145 e. The summed E-state index contributed by atoms with van der Waals surface area (Å²) in [5, 5.41) is 6.96. The second kappa shape index (κ2) is 5.46. The van der Waals surface area contributed by atoms with E-state index in [0.29, 0.717) is 18.2 Å². The van der Waals surface area contributed by atoms with Crippen molar-refractivity contribution in [3.8, 4) is 0 Å². The molecule has 2 rings (SSSR count). The number of nitrogens with zero attached hydrogens (tertiary/aromatic N) is 3. The van der Waals surface area contributed by atoms with E-state index < -0.39 is 0 Å². The Morgan fingerprint density at radius 3 is 2.72 bits per heavy atom. The van der Waals surface area contributed by atoms with E-state index in [1.54, 1.807) is 12.1 Å². The lowest BCUT2D eigenvalue weighted by Crippen LogP contribution is -2.13. The fourth-order valence-electron chi connectivity index (χ4n) is 1.40. The lowest BCUT2D eigenvalue weighted by Gasteiger charge is -2.10. The molecule has 0 atom stereocenters. The van der Waals surface area contributed by atoms with Crippen molar-refractivity contribution in [1.82, 2.24) is 15.1 Å². The molecule has 0 fully saturated rings. The fraction of sp³-hybridized carbons (Fsp3) is 0.364. The third kappa shape index (κ3) is 2.95. The molecule has 7 heteroatoms. The summed E-state index contributed by atoms with van der Waals surface area (Å²) in [5.74, 6) is 7.62. The monoisotopic (exact) mass is 248 g/mol. The number of aromatic nitrogens is 3. The number of nitrogens with one attached hydrogen (secondary N) is 2. The molecule has 2 aromatic heterocycles. The van der Waals surface area contributed by atoms with Gasteiger partial charge in [0.25, 0.3) is 0 Å². The van der Waals surface area contributed by atoms with Crippen LogP contribution in [0, 0.1) is 0 Å². The molecule has 7 nitrogen and oxygen atoms in total. The lowest BCUT2D eigenvalue weighted by atomic mass is 10.2. The van der Waals surface area contributed by atoms with Crippen molar-refractivity contribution >= 4 is 11.6 Å². The van der Waals surface area contributed by atoms with Gasteiger partial charge in [0.15, 0.2) is 0 Å². The van der Waals surface area contributed by atoms with Crippen LogP contribution < -0.4 is 16.6 Å². The predicted octanol–water partition coefficient (Wildman–Crippen LogP) is 1.49. The van der Waals surface area contributed by atoms with E-state index >= 15 is 0 Å². The predicted molar refractivity (Wildman–Crippen MR) is 67.8 cm³/mol. The normalized spacial score (nSPS) is 10.7. The van der Waals surface area contributed by atoms with Crippen molar-refractivity contribution in [1.29, 1.82) is 0 Å². The van der Waals surface area contributed by atoms with Crippen LogP contribution in [0.5, 0.6) is 0 Å². The van der Waals surface area contributed by atoms with Gasteiger partial charge in [0, 0.05) is 18.1 Å². The number of hydrazine groups is 1. The first-order chi connectivity index (χ1) is 8.69. The number of nitrogen functional groups attached to an aromatic ring is 1. The molecule has 0 bridgehead atoms. The first-order valence-corrected chi connectivity index (χ1v) is 5.67. The van der Waals surface area contributed by atoms with E-state index in [2.05, 4.69) is 25.9 Å². The highest BCUT2D eigenvalue weighted by atomic mass is 16.5. The molecule has 0 spiro atoms. The largest absolute Gasteiger partial charge is 0.364 e. The van der Waals surface area contributed by atoms with Gasteiger partial charge < -0.3 is 15.3 Å². The summed E-state index contributed by atoms with van der Waals surface area (Å²) in [6.07, 6.45) is 1.53. The Morgan fingerprint density at radius 1 is 1.33 bits per heavy atom. The summed E-state index contributed by atoms with van der Waals surface area (Å²) in [4.78, 5) is 8.68. The zero-order valence-corrected chi connectivity index (χ0v) is 10.3. The maximum Gasteiger partial charge on any atom is 0.145 e. The summed E-state index contributed by atoms with van der Waals surface area (Å²) < 4.78 is 4.75. The summed E-state index contributed by atoms with van der Waals surface area (Å²) in [7, 11) is 0. The van der Waals surface area contributed by atoms with Crippen molar-refractivity contribution in [2.24, 2.45) is 5.84 Å². The van der Waals surface area contributed by atoms with Crippen LogP contribution in [-0.4, -0.2) is 15.1 Å². The van der Waals surface area contributed by atoms with E-state index in [0.717, 1.165) is 11.5 Å². The standard InChI is InChI=1S/C11H16N6O/c1-7(2)11-14-9(5-10(15-11)16-12)13-6-8-3-4-18-17-8/h3-5,7H,6,12H2,1-2H3,(H2,13,14,15,16). The quantitative estimate of drug-likeness (QED) is 0.544. The van der Waals surface area contributed by atoms with E-state index in [1.807, 2.05) is 13.8 Å². The van der Waals surface area contributed by atoms with Gasteiger partial charge in [0.1, 0.15) is 29.4 Å². The number of hydrogen-bond acceptors (Lipinski definition) is 7. The Labute approximate surface area is 105 Å². The molecule has 4 N–H and O–H groups in total. The molecule has 0 aromatic carbocycles. The molecule has 18 heavy (non-hydrogen) atoms. The summed E-state index contributed by atoms with van der Waals surface area (Å²) in [5.41, 5.74) is 3.34. The van der Waals surface area contributed by atoms with Crippen LogP contribution in [0.3, 0.4) is 0 Å². The van der Waals surface area contributed by atoms with Crippen LogP contribution in [0.25, 0.3) is 0 Å². The summed E-state index contributed by atoms with van der Waals surface area (Å²) in [6.45, 7) is 4.59. The van der Waals surface area contributed by atoms with Crippen LogP contribution in [0.2, 0.25) is 0 Å². The molecule has 0 saturated heterocycles. The summed E-state index contributed by atoms with van der Waals surface area (Å²) in [6, 6.07) is 3.53. The van der Waals surface area contributed by atoms with Crippen molar-refractivity contribution in [3.63, 3.8) is 0 Å². The zero-order chi connectivity index (χ0) is 13.0. The van der Waals surface area contributed by atoms with Crippen LogP contribution in [-0.2, 0) is 6.54 Å². The minimum atomic E-state index is 0.228. The molecule has 0 aliphatic rings. The van der Waals surface area contributed by atoms with Crippen molar-refractivity contribution in [3.05, 3.63) is 29.9 Å². The number of hydrogen-bond donors (Lipinski definition) is 3. The van der Waals surface area contributed by atoms with Gasteiger partial charge in [-0.05, 0) is 0 Å². The molecule has 0 aliphatic carbocycles. The lowest BCUT2D eigenvalue weighted by molar-refractivity contribution is 0.412. The summed E-state index contributed by atoms with van der Waals surface area (Å²) >= 11 is 0. The van der Waals surface area contributed by atoms with Crippen molar-refractivity contribution in [2.45, 2.75) is 26.3 Å². The molecular formula is C11H16N6O. The van der Waals surface area contributed by atoms with E-state index in [4.69, 9.17) is 10.4 Å². The first-order valence-electron chi connectivity index (χ1n) is 5.67. The van der Waals surface area contributed by atoms with Crippen LogP contribution >= 0.6 is 0 Å². The average Bonchev–Trinajstić information content (AvgIpc) is 2.89. The highest BCUT2D eigenvalue weighted by molar-refractivity contribution is 5.47. The van der Waals surface area contributed by atoms with Crippen molar-refractivity contribution in [2.75, 3.05) is 10.7 Å². The van der Waals surface area contributed by atoms with Gasteiger partial charge in [-0.2, -0.15) is 0 Å². The van der Waals surface area contributed by atoms with Gasteiger partial charge in [-0.1, -0.05) is 19.0 Å². The second-order valence-corrected chi connectivity index (χ2v) is 4.14. The van der Waals surface area contributed by atoms with Crippen molar-refractivity contribution < 1.29 is 4.52 Å². The molecule has 0 radical (unpaired) electrons. The van der Waals surface area contributed by atoms with Crippen LogP contribution in [0.1, 0.15) is 31.3 Å². The highest BCUT2D eigenvalue weighted by Crippen LogP contribution is 2.16. The van der Waals surface area contributed by atoms with Gasteiger partial charge in [-0.15, -0.1) is 0 Å². The average molecular weight is 248 g/mol. The van der Waals surface area contributed by atoms with E-state index in [-0.39, 0.29) is 5.92 Å². The van der Waals surface area contributed by atoms with E-state index in [1.165, 1.54) is 6.26 Å². The molecule has 0 saturated carbocycles. The molecule has 0 unspecified atom stereocenters. The SMILES string of the molecule is CC(C)c1nc(NN)cc(NCc2ccon2)n1. The Balaban J connectivity index is 2.13. The number of rotatable bonds is 5. The third-order valence-electron chi connectivity index (χ3n) is 2.35. The molecule has 2 heterocycles. The fourth-order valence-corrected chi connectivity index (χ4v) is 1.40. The molecular weight excluding hydrogens is 232 g/mol. The Hall–Kier alpha value is -2.15. The molecule has 96 valence electrons. The minimum Gasteiger partial charge on any atom is -0.364 e. The maximum absolute atomic E-state index is 5.38. The van der Waals surface area contributed by atoms with Crippen LogP contribution in [0.15, 0.2) is 22.9 Å². The minimum absolute atomic E-state index is 0.228. The molecule has 0 amide bonds. The molecule has 0 aliphatic heterocycles. The maximum atomic E-state index is 5.38. The second-order valence-electron chi connectivity index (χ2n) is 4.14. The Kier molecular flexibility index (Phi) is 3.73. The number of nitrogens with two attached hydrogens (primary N) is 1. The Bertz CT molecular complexity index is 496. The first kappa shape index (κ1) is 12.3. The van der Waals surface area contributed by atoms with Crippen LogP contribution in [0.4, 0.5) is 11.6 Å². The number of anilines is 2. The van der Waals surface area contributed by atoms with Gasteiger partial charge in [0.2, 0.25) is 0 Å². The van der Waals surface area contributed by atoms with Gasteiger partial charge in [-0.3, -0.25) is 0 Å². The van der Waals surface area contributed by atoms with Gasteiger partial charge >= 0.3 is 0 Å². The topological polar surface area (TPSA) is 102 Å². The van der Waals surface area contributed by atoms with Gasteiger partial charge in [0.05, 0.1) is 6.54 Å². The van der Waals surface area contributed by atoms with E-state index in [9.17, 15) is 0 Å². The van der Waals surface area contributed by atoms with Gasteiger partial charge in [-0.25, -0.2) is 15.8 Å². The highest BCUT2D eigenvalue weighted by Gasteiger charge is 2.07. The zero-order valence-electron chi connectivity index (χ0n) is 10.3. The Morgan fingerprint density at radius 2 is 2.11 bits per heavy atom.